The smallest absolute Gasteiger partial charge is 0.315 e. The average molecular weight is 392 g/mol. The third-order valence-electron chi connectivity index (χ3n) is 5.65. The summed E-state index contributed by atoms with van der Waals surface area (Å²) < 4.78 is 15.8. The van der Waals surface area contributed by atoms with Gasteiger partial charge in [-0.2, -0.15) is 5.10 Å². The first-order chi connectivity index (χ1) is 14.0. The molecule has 1 aromatic heterocycles. The highest BCUT2D eigenvalue weighted by Crippen LogP contribution is 2.32. The van der Waals surface area contributed by atoms with Crippen molar-refractivity contribution in [2.24, 2.45) is 0 Å². The number of hydrogen-bond acceptors (Lipinski definition) is 2. The number of hydrogen-bond donors (Lipinski definition) is 2. The van der Waals surface area contributed by atoms with Crippen LogP contribution in [0.2, 0.25) is 0 Å². The number of urea groups is 1. The van der Waals surface area contributed by atoms with Crippen LogP contribution >= 0.6 is 0 Å². The van der Waals surface area contributed by atoms with Gasteiger partial charge in [-0.15, -0.1) is 0 Å². The standard InChI is InChI=1S/C23H25FN4O/c1-15-20(16(2)28(27-15)14-17-7-4-3-5-8-17)13-25-23(29)26-22-12-11-18-19(22)9-6-10-21(18)24/h3-10,22H,11-14H2,1-2H3,(H2,25,26,29). The van der Waals surface area contributed by atoms with E-state index >= 15 is 0 Å². The van der Waals surface area contributed by atoms with Crippen LogP contribution in [0.3, 0.4) is 0 Å². The summed E-state index contributed by atoms with van der Waals surface area (Å²) in [5, 5.41) is 10.5. The second-order valence-electron chi connectivity index (χ2n) is 7.52. The van der Waals surface area contributed by atoms with Gasteiger partial charge in [-0.05, 0) is 49.4 Å². The van der Waals surface area contributed by atoms with Crippen LogP contribution in [0.25, 0.3) is 0 Å². The summed E-state index contributed by atoms with van der Waals surface area (Å²) in [5.41, 5.74) is 5.75. The molecule has 29 heavy (non-hydrogen) atoms. The summed E-state index contributed by atoms with van der Waals surface area (Å²) in [6.45, 7) is 5.08. The molecule has 0 bridgehead atoms. The molecule has 6 heteroatoms. The number of fused-ring (bicyclic) bond motifs is 1. The van der Waals surface area contributed by atoms with Crippen molar-refractivity contribution in [3.8, 4) is 0 Å². The lowest BCUT2D eigenvalue weighted by Gasteiger charge is -2.15. The maximum Gasteiger partial charge on any atom is 0.315 e. The fourth-order valence-corrected chi connectivity index (χ4v) is 4.04. The van der Waals surface area contributed by atoms with Gasteiger partial charge in [0.05, 0.1) is 18.3 Å². The number of benzene rings is 2. The van der Waals surface area contributed by atoms with Gasteiger partial charge in [0.2, 0.25) is 0 Å². The van der Waals surface area contributed by atoms with Gasteiger partial charge < -0.3 is 10.6 Å². The Morgan fingerprint density at radius 1 is 1.17 bits per heavy atom. The van der Waals surface area contributed by atoms with E-state index in [-0.39, 0.29) is 17.9 Å². The number of nitrogens with zero attached hydrogens (tertiary/aromatic N) is 2. The molecule has 0 spiro atoms. The minimum atomic E-state index is -0.248. The normalized spacial score (nSPS) is 15.2. The Kier molecular flexibility index (Phi) is 5.34. The summed E-state index contributed by atoms with van der Waals surface area (Å²) in [5.74, 6) is -0.190. The molecule has 2 aromatic carbocycles. The van der Waals surface area contributed by atoms with E-state index in [1.54, 1.807) is 6.07 Å². The number of carbonyl (C=O) groups is 1. The molecule has 1 aliphatic rings. The molecular weight excluding hydrogens is 367 g/mol. The molecule has 4 rings (SSSR count). The van der Waals surface area contributed by atoms with Crippen LogP contribution in [0.5, 0.6) is 0 Å². The number of carbonyl (C=O) groups excluding carboxylic acids is 1. The molecule has 0 saturated heterocycles. The maximum absolute atomic E-state index is 13.9. The van der Waals surface area contributed by atoms with Crippen LogP contribution in [-0.4, -0.2) is 15.8 Å². The van der Waals surface area contributed by atoms with Crippen LogP contribution < -0.4 is 10.6 Å². The zero-order chi connectivity index (χ0) is 20.4. The highest BCUT2D eigenvalue weighted by molar-refractivity contribution is 5.74. The predicted molar refractivity (Wildman–Crippen MR) is 110 cm³/mol. The van der Waals surface area contributed by atoms with Crippen LogP contribution in [0.15, 0.2) is 48.5 Å². The van der Waals surface area contributed by atoms with E-state index in [0.717, 1.165) is 28.9 Å². The van der Waals surface area contributed by atoms with Crippen molar-refractivity contribution in [3.05, 3.63) is 88.0 Å². The Morgan fingerprint density at radius 3 is 2.76 bits per heavy atom. The van der Waals surface area contributed by atoms with Crippen molar-refractivity contribution in [1.29, 1.82) is 0 Å². The van der Waals surface area contributed by atoms with Crippen molar-refractivity contribution in [2.45, 2.75) is 45.8 Å². The van der Waals surface area contributed by atoms with Gasteiger partial charge in [-0.1, -0.05) is 42.5 Å². The van der Waals surface area contributed by atoms with Gasteiger partial charge in [0.25, 0.3) is 0 Å². The second-order valence-corrected chi connectivity index (χ2v) is 7.52. The van der Waals surface area contributed by atoms with E-state index in [4.69, 9.17) is 0 Å². The summed E-state index contributed by atoms with van der Waals surface area (Å²) >= 11 is 0. The Morgan fingerprint density at radius 2 is 1.97 bits per heavy atom. The van der Waals surface area contributed by atoms with Crippen molar-refractivity contribution < 1.29 is 9.18 Å². The minimum absolute atomic E-state index is 0.149. The summed E-state index contributed by atoms with van der Waals surface area (Å²) in [6.07, 6.45) is 1.37. The Bertz CT molecular complexity index is 1030. The Balaban J connectivity index is 1.38. The molecule has 2 amide bonds. The molecule has 1 unspecified atom stereocenters. The van der Waals surface area contributed by atoms with E-state index in [9.17, 15) is 9.18 Å². The predicted octanol–water partition coefficient (Wildman–Crippen LogP) is 4.17. The van der Waals surface area contributed by atoms with E-state index in [0.29, 0.717) is 25.1 Å². The van der Waals surface area contributed by atoms with Gasteiger partial charge in [0.1, 0.15) is 5.82 Å². The minimum Gasteiger partial charge on any atom is -0.334 e. The molecule has 1 atom stereocenters. The fraction of sp³-hybridized carbons (Fsp3) is 0.304. The van der Waals surface area contributed by atoms with Gasteiger partial charge in [-0.25, -0.2) is 9.18 Å². The number of aryl methyl sites for hydroxylation is 1. The molecule has 5 nitrogen and oxygen atoms in total. The lowest BCUT2D eigenvalue weighted by molar-refractivity contribution is 0.236. The highest BCUT2D eigenvalue weighted by Gasteiger charge is 2.26. The van der Waals surface area contributed by atoms with Gasteiger partial charge in [0, 0.05) is 17.8 Å². The molecule has 1 aliphatic carbocycles. The quantitative estimate of drug-likeness (QED) is 0.685. The van der Waals surface area contributed by atoms with E-state index in [2.05, 4.69) is 27.9 Å². The van der Waals surface area contributed by atoms with Crippen LogP contribution in [0.4, 0.5) is 9.18 Å². The lowest BCUT2D eigenvalue weighted by Crippen LogP contribution is -2.37. The molecule has 3 aromatic rings. The third-order valence-corrected chi connectivity index (χ3v) is 5.65. The van der Waals surface area contributed by atoms with Crippen LogP contribution in [0, 0.1) is 19.7 Å². The first kappa shape index (κ1) is 19.2. The van der Waals surface area contributed by atoms with Gasteiger partial charge in [0.15, 0.2) is 0 Å². The summed E-state index contributed by atoms with van der Waals surface area (Å²) in [6, 6.07) is 14.8. The molecular formula is C23H25FN4O. The molecule has 0 fully saturated rings. The number of rotatable bonds is 5. The van der Waals surface area contributed by atoms with E-state index in [1.807, 2.05) is 42.8 Å². The molecule has 0 radical (unpaired) electrons. The van der Waals surface area contributed by atoms with Gasteiger partial charge >= 0.3 is 6.03 Å². The highest BCUT2D eigenvalue weighted by atomic mass is 19.1. The second kappa shape index (κ2) is 8.07. The molecule has 150 valence electrons. The zero-order valence-corrected chi connectivity index (χ0v) is 16.7. The number of nitrogens with one attached hydrogen (secondary N) is 2. The number of halogens is 1. The van der Waals surface area contributed by atoms with Crippen molar-refractivity contribution in [2.75, 3.05) is 0 Å². The van der Waals surface area contributed by atoms with Gasteiger partial charge in [-0.3, -0.25) is 4.68 Å². The maximum atomic E-state index is 13.9. The average Bonchev–Trinajstić information content (AvgIpc) is 3.23. The van der Waals surface area contributed by atoms with E-state index < -0.39 is 0 Å². The van der Waals surface area contributed by atoms with E-state index in [1.165, 1.54) is 11.6 Å². The molecule has 1 heterocycles. The van der Waals surface area contributed by atoms with Crippen molar-refractivity contribution in [3.63, 3.8) is 0 Å². The van der Waals surface area contributed by atoms with Crippen LogP contribution in [-0.2, 0) is 19.5 Å². The number of amides is 2. The first-order valence-electron chi connectivity index (χ1n) is 9.91. The van der Waals surface area contributed by atoms with Crippen LogP contribution in [0.1, 0.15) is 46.1 Å². The molecule has 2 N–H and O–H groups in total. The fourth-order valence-electron chi connectivity index (χ4n) is 4.04. The summed E-state index contributed by atoms with van der Waals surface area (Å²) in [4.78, 5) is 12.4. The topological polar surface area (TPSA) is 59.0 Å². The van der Waals surface area contributed by atoms with Crippen molar-refractivity contribution >= 4 is 6.03 Å². The monoisotopic (exact) mass is 392 g/mol. The largest absolute Gasteiger partial charge is 0.334 e. The number of aromatic nitrogens is 2. The third kappa shape index (κ3) is 4.01. The Hall–Kier alpha value is -3.15. The Labute approximate surface area is 169 Å². The molecule has 0 saturated carbocycles. The molecule has 0 aliphatic heterocycles. The lowest BCUT2D eigenvalue weighted by atomic mass is 10.1. The SMILES string of the molecule is Cc1nn(Cc2ccccc2)c(C)c1CNC(=O)NC1CCc2c(F)cccc21. The first-order valence-corrected chi connectivity index (χ1v) is 9.91. The summed E-state index contributed by atoms with van der Waals surface area (Å²) in [7, 11) is 0. The zero-order valence-electron chi connectivity index (χ0n) is 16.7. The van der Waals surface area contributed by atoms with Crippen molar-refractivity contribution in [1.82, 2.24) is 20.4 Å².